The Bertz CT molecular complexity index is 141. The molecule has 1 unspecified atom stereocenters. The molecule has 58 valence electrons. The lowest BCUT2D eigenvalue weighted by atomic mass is 10.2. The van der Waals surface area contributed by atoms with Crippen molar-refractivity contribution in [2.45, 2.75) is 12.5 Å². The first-order valence-corrected chi connectivity index (χ1v) is 2.78. The molecule has 3 N–H and O–H groups in total. The molecule has 0 rings (SSSR count). The fourth-order valence-electron chi connectivity index (χ4n) is 0.396. The molecule has 4 heteroatoms. The van der Waals surface area contributed by atoms with Gasteiger partial charge in [-0.2, -0.15) is 0 Å². The highest BCUT2D eigenvalue weighted by molar-refractivity contribution is 5.92. The van der Waals surface area contributed by atoms with E-state index in [2.05, 4.69) is 6.58 Å². The Labute approximate surface area is 58.4 Å². The number of carbonyl (C=O) groups excluding carboxylic acids is 1. The van der Waals surface area contributed by atoms with E-state index >= 15 is 0 Å². The Kier molecular flexibility index (Phi) is 3.68. The summed E-state index contributed by atoms with van der Waals surface area (Å²) in [6, 6.07) is 0. The maximum absolute atomic E-state index is 10.5. The number of Topliss-reactive ketones (excluding diaryl/α,β-unsaturated/α-hetero) is 1. The van der Waals surface area contributed by atoms with Crippen molar-refractivity contribution in [1.82, 2.24) is 0 Å². The van der Waals surface area contributed by atoms with Gasteiger partial charge in [0.15, 0.2) is 11.5 Å². The van der Waals surface area contributed by atoms with E-state index in [1.54, 1.807) is 0 Å². The third-order valence-electron chi connectivity index (χ3n) is 0.954. The van der Waals surface area contributed by atoms with Crippen LogP contribution in [0.25, 0.3) is 0 Å². The lowest BCUT2D eigenvalue weighted by Gasteiger charge is -2.03. The van der Waals surface area contributed by atoms with Gasteiger partial charge in [0.05, 0.1) is 12.7 Å². The first-order chi connectivity index (χ1) is 4.57. The topological polar surface area (TPSA) is 77.8 Å². The molecule has 0 radical (unpaired) electrons. The second-order valence-electron chi connectivity index (χ2n) is 1.91. The largest absolute Gasteiger partial charge is 0.505 e. The molecule has 0 aromatic carbocycles. The summed E-state index contributed by atoms with van der Waals surface area (Å²) in [5, 5.41) is 25.3. The number of aliphatic hydroxyl groups is 3. The molecule has 0 aliphatic carbocycles. The van der Waals surface area contributed by atoms with Gasteiger partial charge in [0, 0.05) is 6.42 Å². The van der Waals surface area contributed by atoms with Crippen LogP contribution in [0.3, 0.4) is 0 Å². The monoisotopic (exact) mass is 146 g/mol. The van der Waals surface area contributed by atoms with E-state index in [0.717, 1.165) is 0 Å². The summed E-state index contributed by atoms with van der Waals surface area (Å²) in [5.41, 5.74) is 0. The molecule has 4 nitrogen and oxygen atoms in total. The molecule has 1 atom stereocenters. The number of ketones is 1. The molecule has 0 saturated heterocycles. The van der Waals surface area contributed by atoms with Crippen LogP contribution in [0.2, 0.25) is 0 Å². The Morgan fingerprint density at radius 1 is 1.60 bits per heavy atom. The molecular formula is C6H10O4. The molecule has 0 aliphatic heterocycles. The Morgan fingerprint density at radius 3 is 2.40 bits per heavy atom. The number of rotatable bonds is 4. The van der Waals surface area contributed by atoms with Crippen LogP contribution in [0.15, 0.2) is 12.3 Å². The maximum Gasteiger partial charge on any atom is 0.199 e. The predicted octanol–water partition coefficient (Wildman–Crippen LogP) is -0.629. The van der Waals surface area contributed by atoms with Gasteiger partial charge in [-0.3, -0.25) is 4.79 Å². The maximum atomic E-state index is 10.5. The molecule has 10 heavy (non-hydrogen) atoms. The summed E-state index contributed by atoms with van der Waals surface area (Å²) >= 11 is 0. The highest BCUT2D eigenvalue weighted by atomic mass is 16.3. The van der Waals surface area contributed by atoms with Crippen LogP contribution >= 0.6 is 0 Å². The molecule has 0 aromatic rings. The minimum Gasteiger partial charge on any atom is -0.505 e. The van der Waals surface area contributed by atoms with E-state index in [1.807, 2.05) is 0 Å². The fourth-order valence-corrected chi connectivity index (χ4v) is 0.396. The van der Waals surface area contributed by atoms with Crippen molar-refractivity contribution in [3.05, 3.63) is 12.3 Å². The van der Waals surface area contributed by atoms with E-state index in [1.165, 1.54) is 0 Å². The highest BCUT2D eigenvalue weighted by Crippen LogP contribution is 1.96. The molecule has 0 amide bonds. The SMILES string of the molecule is C=C(O)C(=O)CC(O)CO. The van der Waals surface area contributed by atoms with Crippen molar-refractivity contribution in [3.8, 4) is 0 Å². The van der Waals surface area contributed by atoms with Gasteiger partial charge in [0.2, 0.25) is 0 Å². The van der Waals surface area contributed by atoms with Gasteiger partial charge < -0.3 is 15.3 Å². The smallest absolute Gasteiger partial charge is 0.199 e. The zero-order chi connectivity index (χ0) is 8.15. The lowest BCUT2D eigenvalue weighted by molar-refractivity contribution is -0.120. The van der Waals surface area contributed by atoms with Crippen LogP contribution in [0.4, 0.5) is 0 Å². The molecule has 0 heterocycles. The summed E-state index contributed by atoms with van der Waals surface area (Å²) in [5.74, 6) is -1.24. The zero-order valence-corrected chi connectivity index (χ0v) is 5.45. The molecule has 0 spiro atoms. The number of carbonyl (C=O) groups is 1. The van der Waals surface area contributed by atoms with E-state index < -0.39 is 24.3 Å². The highest BCUT2D eigenvalue weighted by Gasteiger charge is 2.11. The summed E-state index contributed by atoms with van der Waals surface area (Å²) < 4.78 is 0. The molecule has 0 saturated carbocycles. The Morgan fingerprint density at radius 2 is 2.10 bits per heavy atom. The number of aliphatic hydroxyl groups excluding tert-OH is 3. The fraction of sp³-hybridized carbons (Fsp3) is 0.500. The summed E-state index contributed by atoms with van der Waals surface area (Å²) in [4.78, 5) is 10.5. The Hall–Kier alpha value is -0.870. The van der Waals surface area contributed by atoms with Crippen molar-refractivity contribution >= 4 is 5.78 Å². The van der Waals surface area contributed by atoms with Crippen LogP contribution in [-0.2, 0) is 4.79 Å². The van der Waals surface area contributed by atoms with Crippen molar-refractivity contribution in [1.29, 1.82) is 0 Å². The van der Waals surface area contributed by atoms with Crippen molar-refractivity contribution < 1.29 is 20.1 Å². The molecule has 0 aromatic heterocycles. The number of allylic oxidation sites excluding steroid dienone is 1. The van der Waals surface area contributed by atoms with Gasteiger partial charge >= 0.3 is 0 Å². The van der Waals surface area contributed by atoms with Crippen LogP contribution in [0.5, 0.6) is 0 Å². The van der Waals surface area contributed by atoms with Crippen LogP contribution < -0.4 is 0 Å². The standard InChI is InChI=1S/C6H10O4/c1-4(8)6(10)2-5(9)3-7/h5,7-9H,1-3H2. The average Bonchev–Trinajstić information content (AvgIpc) is 1.87. The van der Waals surface area contributed by atoms with Gasteiger partial charge in [-0.25, -0.2) is 0 Å². The van der Waals surface area contributed by atoms with Crippen LogP contribution in [-0.4, -0.2) is 33.8 Å². The quantitative estimate of drug-likeness (QED) is 0.364. The van der Waals surface area contributed by atoms with Crippen molar-refractivity contribution in [3.63, 3.8) is 0 Å². The summed E-state index contributed by atoms with van der Waals surface area (Å²) in [6.07, 6.45) is -1.39. The Balaban J connectivity index is 3.68. The minimum absolute atomic E-state index is 0.286. The normalized spacial score (nSPS) is 12.6. The molecular weight excluding hydrogens is 136 g/mol. The second-order valence-corrected chi connectivity index (χ2v) is 1.91. The molecule has 0 fully saturated rings. The van der Waals surface area contributed by atoms with Gasteiger partial charge in [-0.15, -0.1) is 0 Å². The van der Waals surface area contributed by atoms with Gasteiger partial charge in [0.1, 0.15) is 0 Å². The van der Waals surface area contributed by atoms with Gasteiger partial charge in [0.25, 0.3) is 0 Å². The van der Waals surface area contributed by atoms with Crippen LogP contribution in [0, 0.1) is 0 Å². The van der Waals surface area contributed by atoms with Gasteiger partial charge in [-0.05, 0) is 0 Å². The first kappa shape index (κ1) is 9.13. The van der Waals surface area contributed by atoms with E-state index in [-0.39, 0.29) is 6.42 Å². The predicted molar refractivity (Wildman–Crippen MR) is 34.5 cm³/mol. The van der Waals surface area contributed by atoms with Crippen molar-refractivity contribution in [2.24, 2.45) is 0 Å². The zero-order valence-electron chi connectivity index (χ0n) is 5.45. The van der Waals surface area contributed by atoms with E-state index in [4.69, 9.17) is 15.3 Å². The van der Waals surface area contributed by atoms with E-state index in [0.29, 0.717) is 0 Å². The summed E-state index contributed by atoms with van der Waals surface area (Å²) in [7, 11) is 0. The molecule has 0 bridgehead atoms. The van der Waals surface area contributed by atoms with E-state index in [9.17, 15) is 4.79 Å². The summed E-state index contributed by atoms with van der Waals surface area (Å²) in [6.45, 7) is 2.47. The lowest BCUT2D eigenvalue weighted by Crippen LogP contribution is -2.17. The average molecular weight is 146 g/mol. The third kappa shape index (κ3) is 3.21. The number of hydrogen-bond donors (Lipinski definition) is 3. The van der Waals surface area contributed by atoms with Crippen molar-refractivity contribution in [2.75, 3.05) is 6.61 Å². The second kappa shape index (κ2) is 4.03. The molecule has 0 aliphatic rings. The minimum atomic E-state index is -1.10. The number of hydrogen-bond acceptors (Lipinski definition) is 4. The first-order valence-electron chi connectivity index (χ1n) is 2.78. The van der Waals surface area contributed by atoms with Crippen LogP contribution in [0.1, 0.15) is 6.42 Å². The third-order valence-corrected chi connectivity index (χ3v) is 0.954. The van der Waals surface area contributed by atoms with Gasteiger partial charge in [-0.1, -0.05) is 6.58 Å².